The zero-order valence-corrected chi connectivity index (χ0v) is 7.51. The van der Waals surface area contributed by atoms with Gasteiger partial charge in [-0.3, -0.25) is 5.84 Å². The van der Waals surface area contributed by atoms with Crippen LogP contribution in [0, 0.1) is 0 Å². The molecule has 0 aromatic carbocycles. The molecule has 5 heteroatoms. The monoisotopic (exact) mass is 172 g/mol. The Balaban J connectivity index is 2.50. The molecule has 1 heterocycles. The summed E-state index contributed by atoms with van der Waals surface area (Å²) in [5, 5.41) is 10.3. The number of hydrogen-bond acceptors (Lipinski definition) is 5. The molecule has 70 valence electrons. The van der Waals surface area contributed by atoms with Crippen LogP contribution in [0.4, 0.5) is 0 Å². The molecule has 0 aromatic rings. The van der Waals surface area contributed by atoms with Crippen molar-refractivity contribution in [1.82, 2.24) is 14.8 Å². The molecule has 5 nitrogen and oxygen atoms in total. The zero-order valence-electron chi connectivity index (χ0n) is 7.51. The highest BCUT2D eigenvalue weighted by atomic mass is 16.3. The molecule has 0 aromatic heterocycles. The van der Waals surface area contributed by atoms with Gasteiger partial charge in [0.05, 0.1) is 6.61 Å². The second-order valence-electron chi connectivity index (χ2n) is 2.94. The van der Waals surface area contributed by atoms with Crippen LogP contribution < -0.4 is 5.84 Å². The predicted molar refractivity (Wildman–Crippen MR) is 46.4 cm³/mol. The number of nitrogens with zero attached hydrogens (tertiary/aromatic N) is 3. The first kappa shape index (κ1) is 9.31. The Morgan fingerprint density at radius 1 is 1.42 bits per heavy atom. The summed E-state index contributed by atoms with van der Waals surface area (Å²) in [6.07, 6.45) is 3.92. The lowest BCUT2D eigenvalue weighted by Gasteiger charge is -2.34. The van der Waals surface area contributed by atoms with Crippen molar-refractivity contribution in [3.05, 3.63) is 12.4 Å². The highest BCUT2D eigenvalue weighted by Gasteiger charge is 2.24. The van der Waals surface area contributed by atoms with Gasteiger partial charge in [0.1, 0.15) is 0 Å². The minimum atomic E-state index is 0.0251. The molecule has 0 aliphatic carbocycles. The number of hydrazine groups is 1. The highest BCUT2D eigenvalue weighted by molar-refractivity contribution is 4.92. The summed E-state index contributed by atoms with van der Waals surface area (Å²) in [5.74, 6) is 5.72. The van der Waals surface area contributed by atoms with Gasteiger partial charge in [0.25, 0.3) is 0 Å². The third kappa shape index (κ3) is 1.69. The van der Waals surface area contributed by atoms with E-state index < -0.39 is 0 Å². The Morgan fingerprint density at radius 2 is 1.92 bits per heavy atom. The number of rotatable bonds is 3. The molecule has 1 aliphatic rings. The van der Waals surface area contributed by atoms with Gasteiger partial charge in [-0.2, -0.15) is 0 Å². The average molecular weight is 172 g/mol. The first-order valence-corrected chi connectivity index (χ1v) is 3.91. The van der Waals surface area contributed by atoms with Crippen molar-refractivity contribution in [2.75, 3.05) is 27.2 Å². The molecule has 1 aliphatic heterocycles. The van der Waals surface area contributed by atoms with Crippen LogP contribution in [0.15, 0.2) is 12.4 Å². The maximum absolute atomic E-state index is 8.69. The lowest BCUT2D eigenvalue weighted by molar-refractivity contribution is 0.00806. The molecule has 1 rings (SSSR count). The van der Waals surface area contributed by atoms with Gasteiger partial charge in [0.2, 0.25) is 0 Å². The van der Waals surface area contributed by atoms with Gasteiger partial charge in [-0.15, -0.1) is 0 Å². The van der Waals surface area contributed by atoms with Gasteiger partial charge in [0, 0.05) is 33.0 Å². The Bertz CT molecular complexity index is 161. The van der Waals surface area contributed by atoms with Crippen molar-refractivity contribution in [3.63, 3.8) is 0 Å². The molecule has 0 spiro atoms. The standard InChI is InChI=1S/C7H16N4O/c1-9-3-4-10(2)7(9)11(8)5-6-12/h3-4,7,12H,5-6,8H2,1-2H3. The van der Waals surface area contributed by atoms with Crippen LogP contribution in [-0.4, -0.2) is 53.5 Å². The number of nitrogens with two attached hydrogens (primary N) is 1. The largest absolute Gasteiger partial charge is 0.395 e. The molecule has 0 saturated carbocycles. The third-order valence-electron chi connectivity index (χ3n) is 1.92. The highest BCUT2D eigenvalue weighted by Crippen LogP contribution is 2.12. The molecular formula is C7H16N4O. The maximum Gasteiger partial charge on any atom is 0.171 e. The quantitative estimate of drug-likeness (QED) is 0.413. The molecule has 0 amide bonds. The van der Waals surface area contributed by atoms with E-state index in [2.05, 4.69) is 0 Å². The SMILES string of the molecule is CN1C=CN(C)C1N(N)CCO. The normalized spacial score (nSPS) is 18.4. The number of aliphatic hydroxyl groups is 1. The Labute approximate surface area is 72.6 Å². The van der Waals surface area contributed by atoms with E-state index in [0.717, 1.165) is 0 Å². The predicted octanol–water partition coefficient (Wildman–Crippen LogP) is -1.21. The summed E-state index contributed by atoms with van der Waals surface area (Å²) in [4.78, 5) is 3.96. The minimum Gasteiger partial charge on any atom is -0.395 e. The molecule has 3 N–H and O–H groups in total. The Morgan fingerprint density at radius 3 is 2.33 bits per heavy atom. The van der Waals surface area contributed by atoms with E-state index in [-0.39, 0.29) is 12.9 Å². The molecule has 0 unspecified atom stereocenters. The first-order valence-electron chi connectivity index (χ1n) is 3.91. The minimum absolute atomic E-state index is 0.0251. The van der Waals surface area contributed by atoms with E-state index in [0.29, 0.717) is 6.54 Å². The topological polar surface area (TPSA) is 56.0 Å². The first-order chi connectivity index (χ1) is 5.66. The van der Waals surface area contributed by atoms with Crippen LogP contribution in [0.5, 0.6) is 0 Å². The molecule has 0 fully saturated rings. The van der Waals surface area contributed by atoms with Gasteiger partial charge in [0.15, 0.2) is 6.29 Å². The number of aliphatic hydroxyl groups excluding tert-OH is 1. The summed E-state index contributed by atoms with van der Waals surface area (Å²) in [7, 11) is 3.89. The molecule has 12 heavy (non-hydrogen) atoms. The van der Waals surface area contributed by atoms with Gasteiger partial charge in [-0.25, -0.2) is 5.01 Å². The van der Waals surface area contributed by atoms with E-state index >= 15 is 0 Å². The van der Waals surface area contributed by atoms with Gasteiger partial charge in [-0.1, -0.05) is 0 Å². The zero-order chi connectivity index (χ0) is 9.14. The van der Waals surface area contributed by atoms with Crippen LogP contribution in [0.25, 0.3) is 0 Å². The maximum atomic E-state index is 8.69. The van der Waals surface area contributed by atoms with E-state index in [1.54, 1.807) is 5.01 Å². The van der Waals surface area contributed by atoms with Crippen molar-refractivity contribution in [2.45, 2.75) is 6.29 Å². The van der Waals surface area contributed by atoms with Crippen LogP contribution in [-0.2, 0) is 0 Å². The van der Waals surface area contributed by atoms with E-state index in [9.17, 15) is 0 Å². The average Bonchev–Trinajstić information content (AvgIpc) is 2.32. The fraction of sp³-hybridized carbons (Fsp3) is 0.714. The fourth-order valence-corrected chi connectivity index (χ4v) is 1.35. The van der Waals surface area contributed by atoms with Gasteiger partial charge in [-0.05, 0) is 0 Å². The summed E-state index contributed by atoms with van der Waals surface area (Å²) in [6.45, 7) is 0.551. The van der Waals surface area contributed by atoms with Gasteiger partial charge >= 0.3 is 0 Å². The number of hydrogen-bond donors (Lipinski definition) is 2. The Hall–Kier alpha value is -0.780. The molecular weight excluding hydrogens is 156 g/mol. The Kier molecular flexibility index (Phi) is 2.91. The van der Waals surface area contributed by atoms with Crippen molar-refractivity contribution < 1.29 is 5.11 Å². The summed E-state index contributed by atoms with van der Waals surface area (Å²) in [5.41, 5.74) is 0. The third-order valence-corrected chi connectivity index (χ3v) is 1.92. The smallest absolute Gasteiger partial charge is 0.171 e. The lowest BCUT2D eigenvalue weighted by atomic mass is 10.6. The van der Waals surface area contributed by atoms with E-state index in [1.165, 1.54) is 0 Å². The van der Waals surface area contributed by atoms with Crippen LogP contribution in [0.2, 0.25) is 0 Å². The van der Waals surface area contributed by atoms with Gasteiger partial charge < -0.3 is 14.9 Å². The molecule has 0 bridgehead atoms. The van der Waals surface area contributed by atoms with Crippen LogP contribution >= 0.6 is 0 Å². The van der Waals surface area contributed by atoms with Crippen LogP contribution in [0.1, 0.15) is 0 Å². The van der Waals surface area contributed by atoms with Crippen LogP contribution in [0.3, 0.4) is 0 Å². The molecule has 0 radical (unpaired) electrons. The summed E-state index contributed by atoms with van der Waals surface area (Å²) >= 11 is 0. The van der Waals surface area contributed by atoms with E-state index in [1.807, 2.05) is 36.3 Å². The summed E-state index contributed by atoms with van der Waals surface area (Å²) in [6, 6.07) is 0. The summed E-state index contributed by atoms with van der Waals surface area (Å²) < 4.78 is 0. The second kappa shape index (κ2) is 3.75. The molecule has 0 atom stereocenters. The van der Waals surface area contributed by atoms with Crippen molar-refractivity contribution in [1.29, 1.82) is 0 Å². The molecule has 0 saturated heterocycles. The van der Waals surface area contributed by atoms with Crippen molar-refractivity contribution >= 4 is 0 Å². The van der Waals surface area contributed by atoms with Crippen molar-refractivity contribution in [2.24, 2.45) is 5.84 Å². The lowest BCUT2D eigenvalue weighted by Crippen LogP contribution is -2.54. The van der Waals surface area contributed by atoms with Crippen molar-refractivity contribution in [3.8, 4) is 0 Å². The van der Waals surface area contributed by atoms with E-state index in [4.69, 9.17) is 10.9 Å². The fourth-order valence-electron chi connectivity index (χ4n) is 1.35. The second-order valence-corrected chi connectivity index (χ2v) is 2.94.